The van der Waals surface area contributed by atoms with Gasteiger partial charge < -0.3 is 5.11 Å². The van der Waals surface area contributed by atoms with Gasteiger partial charge in [0.05, 0.1) is 18.0 Å². The Morgan fingerprint density at radius 1 is 0.967 bits per heavy atom. The van der Waals surface area contributed by atoms with E-state index in [2.05, 4.69) is 0 Å². The number of amides is 1. The fourth-order valence-electron chi connectivity index (χ4n) is 3.06. The van der Waals surface area contributed by atoms with Crippen molar-refractivity contribution in [3.63, 3.8) is 0 Å². The van der Waals surface area contributed by atoms with E-state index in [4.69, 9.17) is 16.6 Å². The predicted octanol–water partition coefficient (Wildman–Crippen LogP) is 5.72. The third-order valence-corrected chi connectivity index (χ3v) is 5.87. The van der Waals surface area contributed by atoms with Crippen LogP contribution in [0.1, 0.15) is 16.7 Å². The van der Waals surface area contributed by atoms with Crippen molar-refractivity contribution in [1.29, 1.82) is 0 Å². The molecule has 1 amide bonds. The van der Waals surface area contributed by atoms with Crippen LogP contribution in [0.5, 0.6) is 5.75 Å². The van der Waals surface area contributed by atoms with Gasteiger partial charge in [-0.3, -0.25) is 14.7 Å². The molecule has 4 nitrogen and oxygen atoms in total. The minimum atomic E-state index is -0.143. The summed E-state index contributed by atoms with van der Waals surface area (Å²) in [6, 6.07) is 24.5. The van der Waals surface area contributed by atoms with Crippen molar-refractivity contribution >= 4 is 40.5 Å². The van der Waals surface area contributed by atoms with E-state index in [0.29, 0.717) is 33.7 Å². The number of phenolic OH excluding ortho intramolecular Hbond substituents is 1. The first-order valence-corrected chi connectivity index (χ1v) is 10.6. The Morgan fingerprint density at radius 2 is 1.63 bits per heavy atom. The highest BCUT2D eigenvalue weighted by Crippen LogP contribution is 2.35. The summed E-state index contributed by atoms with van der Waals surface area (Å²) < 4.78 is 0. The first kappa shape index (κ1) is 20.3. The lowest BCUT2D eigenvalue weighted by Crippen LogP contribution is -2.28. The zero-order chi connectivity index (χ0) is 20.9. The Kier molecular flexibility index (Phi) is 6.21. The number of hydrogen-bond acceptors (Lipinski definition) is 4. The molecule has 3 aromatic rings. The van der Waals surface area contributed by atoms with Crippen molar-refractivity contribution in [2.75, 3.05) is 0 Å². The lowest BCUT2D eigenvalue weighted by molar-refractivity contribution is -0.122. The number of benzene rings is 3. The molecular weight excluding hydrogens is 416 g/mol. The number of halogens is 1. The number of nitrogens with zero attached hydrogens (tertiary/aromatic N) is 2. The molecular formula is C24H19ClN2O2S. The van der Waals surface area contributed by atoms with Gasteiger partial charge >= 0.3 is 0 Å². The van der Waals surface area contributed by atoms with Crippen LogP contribution in [-0.4, -0.2) is 21.1 Å². The molecule has 0 spiro atoms. The molecule has 1 aliphatic heterocycles. The average Bonchev–Trinajstić information content (AvgIpc) is 3.05. The Hall–Kier alpha value is -3.02. The highest BCUT2D eigenvalue weighted by Gasteiger charge is 2.33. The second-order valence-electron chi connectivity index (χ2n) is 6.78. The Labute approximate surface area is 184 Å². The third-order valence-electron chi connectivity index (χ3n) is 4.59. The van der Waals surface area contributed by atoms with Crippen LogP contribution in [-0.2, 0) is 17.9 Å². The number of phenols is 1. The zero-order valence-corrected chi connectivity index (χ0v) is 17.6. The standard InChI is InChI=1S/C24H19ClN2O2S/c25-20-11-12-21(28)19(13-20)14-22-23(29)27(16-18-9-5-2-6-10-18)24(30-22)26-15-17-7-3-1-4-8-17/h1-14,28H,15-16H2. The molecule has 0 unspecified atom stereocenters. The van der Waals surface area contributed by atoms with E-state index in [9.17, 15) is 9.90 Å². The molecule has 0 atom stereocenters. The molecule has 0 aliphatic carbocycles. The third kappa shape index (κ3) is 4.75. The number of aliphatic imine (C=N–C) groups is 1. The predicted molar refractivity (Wildman–Crippen MR) is 123 cm³/mol. The minimum absolute atomic E-state index is 0.0737. The van der Waals surface area contributed by atoms with Gasteiger partial charge in [-0.2, -0.15) is 0 Å². The lowest BCUT2D eigenvalue weighted by Gasteiger charge is -2.15. The molecule has 3 aromatic carbocycles. The normalized spacial score (nSPS) is 16.6. The van der Waals surface area contributed by atoms with E-state index >= 15 is 0 Å². The lowest BCUT2D eigenvalue weighted by atomic mass is 10.1. The van der Waals surface area contributed by atoms with Gasteiger partial charge in [-0.15, -0.1) is 0 Å². The summed E-state index contributed by atoms with van der Waals surface area (Å²) in [6.07, 6.45) is 1.66. The smallest absolute Gasteiger partial charge is 0.267 e. The maximum Gasteiger partial charge on any atom is 0.267 e. The molecule has 1 heterocycles. The molecule has 1 saturated heterocycles. The van der Waals surface area contributed by atoms with Crippen LogP contribution in [0.2, 0.25) is 5.02 Å². The minimum Gasteiger partial charge on any atom is -0.507 e. The molecule has 6 heteroatoms. The number of rotatable bonds is 5. The first-order chi connectivity index (χ1) is 14.6. The summed E-state index contributed by atoms with van der Waals surface area (Å²) >= 11 is 7.36. The maximum absolute atomic E-state index is 13.2. The largest absolute Gasteiger partial charge is 0.507 e. The molecule has 0 saturated carbocycles. The SMILES string of the molecule is O=C1C(=Cc2cc(Cl)ccc2O)SC(=NCc2ccccc2)N1Cc1ccccc1. The van der Waals surface area contributed by atoms with E-state index < -0.39 is 0 Å². The van der Waals surface area contributed by atoms with Crippen LogP contribution in [0.25, 0.3) is 6.08 Å². The molecule has 1 fully saturated rings. The van der Waals surface area contributed by atoms with Gasteiger partial charge in [0.2, 0.25) is 0 Å². The van der Waals surface area contributed by atoms with E-state index in [1.54, 1.807) is 23.1 Å². The number of carbonyl (C=O) groups is 1. The second-order valence-corrected chi connectivity index (χ2v) is 8.22. The van der Waals surface area contributed by atoms with Gasteiger partial charge in [-0.1, -0.05) is 72.3 Å². The zero-order valence-electron chi connectivity index (χ0n) is 16.0. The van der Waals surface area contributed by atoms with Gasteiger partial charge in [0.25, 0.3) is 5.91 Å². The topological polar surface area (TPSA) is 52.9 Å². The van der Waals surface area contributed by atoms with Crippen molar-refractivity contribution in [1.82, 2.24) is 4.90 Å². The average molecular weight is 435 g/mol. The van der Waals surface area contributed by atoms with E-state index in [1.807, 2.05) is 60.7 Å². The molecule has 1 aliphatic rings. The van der Waals surface area contributed by atoms with E-state index in [-0.39, 0.29) is 11.7 Å². The summed E-state index contributed by atoms with van der Waals surface area (Å²) in [6.45, 7) is 0.913. The van der Waals surface area contributed by atoms with Crippen molar-refractivity contribution in [2.45, 2.75) is 13.1 Å². The fourth-order valence-corrected chi connectivity index (χ4v) is 4.20. The highest BCUT2D eigenvalue weighted by atomic mass is 35.5. The van der Waals surface area contributed by atoms with Crippen molar-refractivity contribution in [2.24, 2.45) is 4.99 Å². The quantitative estimate of drug-likeness (QED) is 0.522. The molecule has 4 rings (SSSR count). The number of thioether (sulfide) groups is 1. The van der Waals surface area contributed by atoms with Gasteiger partial charge in [0.1, 0.15) is 5.75 Å². The second kappa shape index (κ2) is 9.20. The van der Waals surface area contributed by atoms with Crippen LogP contribution in [0.15, 0.2) is 88.8 Å². The summed E-state index contributed by atoms with van der Waals surface area (Å²) in [5, 5.41) is 11.3. The number of aromatic hydroxyl groups is 1. The molecule has 30 heavy (non-hydrogen) atoms. The van der Waals surface area contributed by atoms with Crippen molar-refractivity contribution in [3.05, 3.63) is 105 Å². The van der Waals surface area contributed by atoms with Crippen molar-refractivity contribution < 1.29 is 9.90 Å². The van der Waals surface area contributed by atoms with Crippen molar-refractivity contribution in [3.8, 4) is 5.75 Å². The van der Waals surface area contributed by atoms with Crippen LogP contribution < -0.4 is 0 Å². The van der Waals surface area contributed by atoms with E-state index in [1.165, 1.54) is 17.8 Å². The van der Waals surface area contributed by atoms with Crippen LogP contribution >= 0.6 is 23.4 Å². The summed E-state index contributed by atoms with van der Waals surface area (Å²) in [5.74, 6) is -0.0698. The Morgan fingerprint density at radius 3 is 2.33 bits per heavy atom. The molecule has 1 N–H and O–H groups in total. The summed E-state index contributed by atoms with van der Waals surface area (Å²) in [4.78, 5) is 20.1. The number of carbonyl (C=O) groups excluding carboxylic acids is 1. The molecule has 150 valence electrons. The van der Waals surface area contributed by atoms with Crippen LogP contribution in [0.3, 0.4) is 0 Å². The van der Waals surface area contributed by atoms with Gasteiger partial charge in [-0.25, -0.2) is 0 Å². The fraction of sp³-hybridized carbons (Fsp3) is 0.0833. The van der Waals surface area contributed by atoms with Gasteiger partial charge in [-0.05, 0) is 47.2 Å². The summed E-state index contributed by atoms with van der Waals surface area (Å²) in [7, 11) is 0. The molecule has 0 aromatic heterocycles. The van der Waals surface area contributed by atoms with Gasteiger partial charge in [0, 0.05) is 10.6 Å². The van der Waals surface area contributed by atoms with Crippen LogP contribution in [0.4, 0.5) is 0 Å². The summed E-state index contributed by atoms with van der Waals surface area (Å²) in [5.41, 5.74) is 2.59. The van der Waals surface area contributed by atoms with E-state index in [0.717, 1.165) is 11.1 Å². The highest BCUT2D eigenvalue weighted by molar-refractivity contribution is 8.18. The van der Waals surface area contributed by atoms with Crippen LogP contribution in [0, 0.1) is 0 Å². The van der Waals surface area contributed by atoms with Gasteiger partial charge in [0.15, 0.2) is 5.17 Å². The monoisotopic (exact) mass is 434 g/mol. The number of amidine groups is 1. The first-order valence-electron chi connectivity index (χ1n) is 9.42. The maximum atomic E-state index is 13.2. The Bertz CT molecular complexity index is 1110. The Balaban J connectivity index is 1.66. The molecule has 0 radical (unpaired) electrons. The molecule has 0 bridgehead atoms. The number of hydrogen-bond donors (Lipinski definition) is 1.